The van der Waals surface area contributed by atoms with Crippen molar-refractivity contribution in [1.82, 2.24) is 20.4 Å². The van der Waals surface area contributed by atoms with Crippen molar-refractivity contribution in [2.45, 2.75) is 18.6 Å². The van der Waals surface area contributed by atoms with Crippen LogP contribution in [-0.2, 0) is 9.53 Å². The first-order chi connectivity index (χ1) is 11.1. The van der Waals surface area contributed by atoms with Gasteiger partial charge in [0.2, 0.25) is 5.91 Å². The molecule has 0 radical (unpaired) electrons. The zero-order chi connectivity index (χ0) is 16.0. The summed E-state index contributed by atoms with van der Waals surface area (Å²) in [7, 11) is 0. The summed E-state index contributed by atoms with van der Waals surface area (Å²) in [6.07, 6.45) is 1.19. The highest BCUT2D eigenvalue weighted by Gasteiger charge is 2.42. The van der Waals surface area contributed by atoms with Crippen LogP contribution in [0.15, 0.2) is 22.7 Å². The second-order valence-electron chi connectivity index (χ2n) is 5.89. The highest BCUT2D eigenvalue weighted by molar-refractivity contribution is 9.10. The van der Waals surface area contributed by atoms with Crippen LogP contribution in [0.3, 0.4) is 0 Å². The van der Waals surface area contributed by atoms with Crippen molar-refractivity contribution in [3.63, 3.8) is 0 Å². The number of fused-ring (bicyclic) bond motifs is 1. The number of aromatic nitrogens is 2. The number of ether oxygens (including phenoxy) is 1. The van der Waals surface area contributed by atoms with Crippen LogP contribution in [0, 0.1) is 0 Å². The van der Waals surface area contributed by atoms with Crippen LogP contribution in [0.5, 0.6) is 0 Å². The fourth-order valence-electron chi connectivity index (χ4n) is 3.17. The van der Waals surface area contributed by atoms with Crippen LogP contribution in [0.1, 0.15) is 23.3 Å². The van der Waals surface area contributed by atoms with Gasteiger partial charge in [-0.25, -0.2) is 0 Å². The van der Waals surface area contributed by atoms with Gasteiger partial charge in [0.15, 0.2) is 5.69 Å². The maximum Gasteiger partial charge on any atom is 0.274 e. The number of carbonyl (C=O) groups is 2. The molecule has 0 bridgehead atoms. The highest BCUT2D eigenvalue weighted by atomic mass is 79.9. The SMILES string of the molecule is O=C1COC2(CCN(C(=O)c3n[nH]c4ccc(Br)cc34)CC2)N1. The number of piperidine rings is 1. The fraction of sp³-hybridized carbons (Fsp3) is 0.400. The molecule has 0 aliphatic carbocycles. The average Bonchev–Trinajstić information content (AvgIpc) is 3.11. The molecule has 0 unspecified atom stereocenters. The predicted octanol–water partition coefficient (Wildman–Crippen LogP) is 1.40. The minimum atomic E-state index is -0.593. The average molecular weight is 379 g/mol. The molecule has 8 heteroatoms. The van der Waals surface area contributed by atoms with E-state index >= 15 is 0 Å². The van der Waals surface area contributed by atoms with Gasteiger partial charge in [-0.15, -0.1) is 0 Å². The Morgan fingerprint density at radius 3 is 2.83 bits per heavy atom. The molecule has 1 spiro atoms. The normalized spacial score (nSPS) is 20.2. The van der Waals surface area contributed by atoms with E-state index in [0.29, 0.717) is 31.6 Å². The van der Waals surface area contributed by atoms with Crippen molar-refractivity contribution in [2.24, 2.45) is 0 Å². The van der Waals surface area contributed by atoms with Gasteiger partial charge in [-0.3, -0.25) is 14.7 Å². The first-order valence-corrected chi connectivity index (χ1v) is 8.23. The van der Waals surface area contributed by atoms with Gasteiger partial charge in [0, 0.05) is 35.8 Å². The molecule has 7 nitrogen and oxygen atoms in total. The molecule has 2 aliphatic heterocycles. The zero-order valence-electron chi connectivity index (χ0n) is 12.3. The quantitative estimate of drug-likeness (QED) is 0.784. The first kappa shape index (κ1) is 14.6. The van der Waals surface area contributed by atoms with Crippen molar-refractivity contribution in [1.29, 1.82) is 0 Å². The van der Waals surface area contributed by atoms with E-state index in [9.17, 15) is 9.59 Å². The largest absolute Gasteiger partial charge is 0.346 e. The number of likely N-dealkylation sites (tertiary alicyclic amines) is 1. The molecule has 1 aromatic heterocycles. The van der Waals surface area contributed by atoms with Crippen LogP contribution in [-0.4, -0.2) is 52.3 Å². The summed E-state index contributed by atoms with van der Waals surface area (Å²) in [6.45, 7) is 1.16. The molecular formula is C15H15BrN4O3. The molecule has 2 amide bonds. The summed E-state index contributed by atoms with van der Waals surface area (Å²) in [6, 6.07) is 5.67. The number of aromatic amines is 1. The molecule has 2 aliphatic rings. The number of rotatable bonds is 1. The molecular weight excluding hydrogens is 364 g/mol. The third kappa shape index (κ3) is 2.51. The lowest BCUT2D eigenvalue weighted by Gasteiger charge is -2.37. The third-order valence-electron chi connectivity index (χ3n) is 4.43. The molecule has 2 fully saturated rings. The summed E-state index contributed by atoms with van der Waals surface area (Å²) < 4.78 is 6.47. The van der Waals surface area contributed by atoms with E-state index in [2.05, 4.69) is 31.4 Å². The van der Waals surface area contributed by atoms with Gasteiger partial charge in [0.05, 0.1) is 5.52 Å². The number of halogens is 1. The molecule has 0 atom stereocenters. The molecule has 3 heterocycles. The van der Waals surface area contributed by atoms with E-state index in [0.717, 1.165) is 15.4 Å². The lowest BCUT2D eigenvalue weighted by molar-refractivity contribution is -0.119. The molecule has 120 valence electrons. The van der Waals surface area contributed by atoms with Gasteiger partial charge in [0.25, 0.3) is 5.91 Å². The van der Waals surface area contributed by atoms with Crippen molar-refractivity contribution < 1.29 is 14.3 Å². The van der Waals surface area contributed by atoms with Gasteiger partial charge in [-0.1, -0.05) is 15.9 Å². The van der Waals surface area contributed by atoms with Crippen molar-refractivity contribution >= 4 is 38.6 Å². The molecule has 2 aromatic rings. The summed E-state index contributed by atoms with van der Waals surface area (Å²) in [5.74, 6) is -0.193. The number of nitrogens with zero attached hydrogens (tertiary/aromatic N) is 2. The highest BCUT2D eigenvalue weighted by Crippen LogP contribution is 2.28. The summed E-state index contributed by atoms with van der Waals surface area (Å²) in [5, 5.41) is 10.7. The Hall–Kier alpha value is -1.93. The maximum atomic E-state index is 12.8. The molecule has 2 N–H and O–H groups in total. The van der Waals surface area contributed by atoms with E-state index < -0.39 is 5.72 Å². The van der Waals surface area contributed by atoms with Crippen molar-refractivity contribution in [2.75, 3.05) is 19.7 Å². The van der Waals surface area contributed by atoms with Gasteiger partial charge >= 0.3 is 0 Å². The van der Waals surface area contributed by atoms with E-state index in [1.165, 1.54) is 0 Å². The lowest BCUT2D eigenvalue weighted by Crippen LogP contribution is -2.53. The van der Waals surface area contributed by atoms with Crippen LogP contribution >= 0.6 is 15.9 Å². The van der Waals surface area contributed by atoms with Gasteiger partial charge in [-0.05, 0) is 18.2 Å². The standard InChI is InChI=1S/C15H15BrN4O3/c16-9-1-2-11-10(7-9)13(19-18-11)14(22)20-5-3-15(4-6-20)17-12(21)8-23-15/h1-2,7H,3-6,8H2,(H,17,21)(H,18,19). The number of nitrogens with one attached hydrogen (secondary N) is 2. The Bertz CT molecular complexity index is 795. The second-order valence-corrected chi connectivity index (χ2v) is 6.80. The summed E-state index contributed by atoms with van der Waals surface area (Å²) in [4.78, 5) is 25.9. The summed E-state index contributed by atoms with van der Waals surface area (Å²) >= 11 is 3.42. The van der Waals surface area contributed by atoms with Crippen molar-refractivity contribution in [3.05, 3.63) is 28.4 Å². The number of benzene rings is 1. The lowest BCUT2D eigenvalue weighted by atomic mass is 10.0. The zero-order valence-corrected chi connectivity index (χ0v) is 13.9. The van der Waals surface area contributed by atoms with E-state index in [4.69, 9.17) is 4.74 Å². The molecule has 23 heavy (non-hydrogen) atoms. The Balaban J connectivity index is 1.53. The van der Waals surface area contributed by atoms with Gasteiger partial charge in [0.1, 0.15) is 12.3 Å². The Morgan fingerprint density at radius 1 is 1.35 bits per heavy atom. The maximum absolute atomic E-state index is 12.8. The molecule has 0 saturated carbocycles. The molecule has 2 saturated heterocycles. The van der Waals surface area contributed by atoms with Gasteiger partial charge < -0.3 is 15.0 Å². The van der Waals surface area contributed by atoms with Crippen LogP contribution in [0.4, 0.5) is 0 Å². The molecule has 1 aromatic carbocycles. The number of carbonyl (C=O) groups excluding carboxylic acids is 2. The van der Waals surface area contributed by atoms with Crippen LogP contribution in [0.25, 0.3) is 10.9 Å². The number of hydrogen-bond acceptors (Lipinski definition) is 4. The number of H-pyrrole nitrogens is 1. The van der Waals surface area contributed by atoms with E-state index in [-0.39, 0.29) is 18.4 Å². The Morgan fingerprint density at radius 2 is 2.13 bits per heavy atom. The third-order valence-corrected chi connectivity index (χ3v) is 4.93. The van der Waals surface area contributed by atoms with Gasteiger partial charge in [-0.2, -0.15) is 5.10 Å². The monoisotopic (exact) mass is 378 g/mol. The smallest absolute Gasteiger partial charge is 0.274 e. The second kappa shape index (κ2) is 5.31. The van der Waals surface area contributed by atoms with Crippen LogP contribution in [0.2, 0.25) is 0 Å². The Labute approximate surface area is 140 Å². The number of hydrogen-bond donors (Lipinski definition) is 2. The summed E-state index contributed by atoms with van der Waals surface area (Å²) in [5.41, 5.74) is 0.662. The van der Waals surface area contributed by atoms with E-state index in [1.807, 2.05) is 18.2 Å². The first-order valence-electron chi connectivity index (χ1n) is 7.44. The minimum Gasteiger partial charge on any atom is -0.346 e. The van der Waals surface area contributed by atoms with Crippen molar-refractivity contribution in [3.8, 4) is 0 Å². The minimum absolute atomic E-state index is 0.0899. The molecule has 4 rings (SSSR count). The number of amides is 2. The fourth-order valence-corrected chi connectivity index (χ4v) is 3.53. The van der Waals surface area contributed by atoms with Crippen LogP contribution < -0.4 is 5.32 Å². The topological polar surface area (TPSA) is 87.3 Å². The van der Waals surface area contributed by atoms with E-state index in [1.54, 1.807) is 4.90 Å². The predicted molar refractivity (Wildman–Crippen MR) is 85.8 cm³/mol. The Kier molecular flexibility index (Phi) is 3.38.